The third-order valence-corrected chi connectivity index (χ3v) is 9.43. The number of aromatic nitrogens is 2. The van der Waals surface area contributed by atoms with E-state index in [2.05, 4.69) is 28.5 Å². The fourth-order valence-electron chi connectivity index (χ4n) is 5.36. The number of allylic oxidation sites excluding steroid dienone is 3. The predicted molar refractivity (Wildman–Crippen MR) is 165 cm³/mol. The van der Waals surface area contributed by atoms with Gasteiger partial charge in [-0.2, -0.15) is 5.26 Å². The van der Waals surface area contributed by atoms with Gasteiger partial charge in [0.2, 0.25) is 11.0 Å². The minimum Gasteiger partial charge on any atom is -0.497 e. The Balaban J connectivity index is 1.43. The number of hydrogen-bond acceptors (Lipinski definition) is 10. The summed E-state index contributed by atoms with van der Waals surface area (Å²) in [5.74, 6) is 0.292. The fraction of sp³-hybridized carbons (Fsp3) is 0.323. The van der Waals surface area contributed by atoms with Crippen LogP contribution in [0.5, 0.6) is 5.75 Å². The monoisotopic (exact) mass is 600 g/mol. The molecular weight excluding hydrogens is 569 g/mol. The summed E-state index contributed by atoms with van der Waals surface area (Å²) in [6, 6.07) is 17.4. The number of nitrogens with two attached hydrogens (primary N) is 1. The summed E-state index contributed by atoms with van der Waals surface area (Å²) < 4.78 is 5.88. The Bertz CT molecular complexity index is 1620. The smallest absolute Gasteiger partial charge is 0.234 e. The third-order valence-electron chi connectivity index (χ3n) is 7.39. The van der Waals surface area contributed by atoms with Gasteiger partial charge in [0.05, 0.1) is 30.4 Å². The van der Waals surface area contributed by atoms with Gasteiger partial charge in [0.1, 0.15) is 11.6 Å². The molecule has 1 unspecified atom stereocenters. The third kappa shape index (κ3) is 5.91. The molecule has 5 rings (SSSR count). The largest absolute Gasteiger partial charge is 0.497 e. The Labute approximate surface area is 253 Å². The highest BCUT2D eigenvalue weighted by Gasteiger charge is 2.45. The molecule has 1 aromatic heterocycles. The molecule has 3 aromatic rings. The molecule has 2 heterocycles. The number of Topliss-reactive ketones (excluding diaryl/α,β-unsaturated/α-hetero) is 1. The maximum absolute atomic E-state index is 13.7. The number of thioether (sulfide) groups is 1. The van der Waals surface area contributed by atoms with E-state index in [-0.39, 0.29) is 34.3 Å². The van der Waals surface area contributed by atoms with Gasteiger partial charge in [-0.1, -0.05) is 68.1 Å². The molecule has 11 heteroatoms. The molecule has 0 fully saturated rings. The topological polar surface area (TPSA) is 134 Å². The van der Waals surface area contributed by atoms with Crippen LogP contribution in [0, 0.1) is 16.7 Å². The van der Waals surface area contributed by atoms with Crippen molar-refractivity contribution in [2.24, 2.45) is 11.1 Å². The number of nitrogens with zero attached hydrogens (tertiary/aromatic N) is 4. The van der Waals surface area contributed by atoms with Gasteiger partial charge in [-0.3, -0.25) is 14.5 Å². The summed E-state index contributed by atoms with van der Waals surface area (Å²) in [5.41, 5.74) is 10.7. The van der Waals surface area contributed by atoms with Crippen molar-refractivity contribution in [3.8, 4) is 11.8 Å². The molecule has 2 aliphatic rings. The number of ether oxygens (including phenoxy) is 1. The van der Waals surface area contributed by atoms with Crippen LogP contribution in [0.1, 0.15) is 50.7 Å². The van der Waals surface area contributed by atoms with E-state index in [9.17, 15) is 14.9 Å². The number of nitriles is 1. The van der Waals surface area contributed by atoms with Gasteiger partial charge in [-0.05, 0) is 53.6 Å². The highest BCUT2D eigenvalue weighted by atomic mass is 32.2. The molecule has 3 N–H and O–H groups in total. The average molecular weight is 601 g/mol. The van der Waals surface area contributed by atoms with Crippen LogP contribution in [-0.2, 0) is 16.0 Å². The number of carbonyl (C=O) groups excluding carboxylic acids is 2. The molecule has 1 atom stereocenters. The van der Waals surface area contributed by atoms with E-state index in [0.29, 0.717) is 33.6 Å². The number of ketones is 1. The Hall–Kier alpha value is -4.14. The second kappa shape index (κ2) is 12.0. The zero-order valence-corrected chi connectivity index (χ0v) is 25.6. The van der Waals surface area contributed by atoms with E-state index in [1.807, 2.05) is 62.4 Å². The number of aryl methyl sites for hydroxylation is 1. The standard InChI is InChI=1S/C31H32N6O3S2/c1-5-18-6-10-20(11-7-18)34-25(39)17-41-30-36-35-29(42-30)37-23-14-31(2,3)15-24(38)27(23)26(22(16-32)28(37)33)19-8-12-21(40-4)13-9-19/h6-13,26H,5,14-15,17,33H2,1-4H3,(H,34,39). The molecule has 2 aromatic carbocycles. The molecule has 216 valence electrons. The van der Waals surface area contributed by atoms with Crippen LogP contribution in [-0.4, -0.2) is 34.8 Å². The zero-order chi connectivity index (χ0) is 30.0. The Morgan fingerprint density at radius 3 is 2.55 bits per heavy atom. The predicted octanol–water partition coefficient (Wildman–Crippen LogP) is 5.78. The van der Waals surface area contributed by atoms with Crippen LogP contribution >= 0.6 is 23.1 Å². The molecule has 0 radical (unpaired) electrons. The SMILES string of the molecule is CCc1ccc(NC(=O)CSc2nnc(N3C(N)=C(C#N)C(c4ccc(OC)cc4)C4=C3CC(C)(C)CC4=O)s2)cc1. The summed E-state index contributed by atoms with van der Waals surface area (Å²) >= 11 is 2.54. The molecule has 0 saturated carbocycles. The molecule has 0 saturated heterocycles. The first-order valence-corrected chi connectivity index (χ1v) is 15.4. The van der Waals surface area contributed by atoms with Crippen LogP contribution in [0.25, 0.3) is 0 Å². The van der Waals surface area contributed by atoms with E-state index in [4.69, 9.17) is 10.5 Å². The van der Waals surface area contributed by atoms with Gasteiger partial charge in [-0.25, -0.2) is 0 Å². The summed E-state index contributed by atoms with van der Waals surface area (Å²) in [7, 11) is 1.59. The van der Waals surface area contributed by atoms with Crippen molar-refractivity contribution in [1.29, 1.82) is 5.26 Å². The van der Waals surface area contributed by atoms with E-state index in [0.717, 1.165) is 23.4 Å². The maximum Gasteiger partial charge on any atom is 0.234 e. The van der Waals surface area contributed by atoms with Crippen LogP contribution in [0.2, 0.25) is 0 Å². The van der Waals surface area contributed by atoms with Crippen LogP contribution in [0.15, 0.2) is 75.5 Å². The molecule has 1 aliphatic heterocycles. The molecule has 42 heavy (non-hydrogen) atoms. The van der Waals surface area contributed by atoms with Gasteiger partial charge in [0, 0.05) is 23.4 Å². The molecule has 9 nitrogen and oxygen atoms in total. The van der Waals surface area contributed by atoms with Crippen molar-refractivity contribution >= 4 is 45.6 Å². The quantitative estimate of drug-likeness (QED) is 0.309. The summed E-state index contributed by atoms with van der Waals surface area (Å²) in [6.07, 6.45) is 1.86. The Morgan fingerprint density at radius 1 is 1.19 bits per heavy atom. The lowest BCUT2D eigenvalue weighted by Gasteiger charge is -2.42. The van der Waals surface area contributed by atoms with E-state index in [1.54, 1.807) is 12.0 Å². The Morgan fingerprint density at radius 2 is 1.90 bits per heavy atom. The fourth-order valence-corrected chi connectivity index (χ4v) is 7.04. The molecule has 0 spiro atoms. The van der Waals surface area contributed by atoms with Crippen molar-refractivity contribution in [1.82, 2.24) is 10.2 Å². The second-order valence-corrected chi connectivity index (χ2v) is 13.2. The lowest BCUT2D eigenvalue weighted by Crippen LogP contribution is -2.42. The number of anilines is 2. The van der Waals surface area contributed by atoms with Crippen molar-refractivity contribution in [3.05, 3.63) is 82.3 Å². The van der Waals surface area contributed by atoms with Gasteiger partial charge in [0.25, 0.3) is 0 Å². The maximum atomic E-state index is 13.7. The number of amides is 1. The summed E-state index contributed by atoms with van der Waals surface area (Å²) in [5, 5.41) is 22.3. The van der Waals surface area contributed by atoms with E-state index < -0.39 is 5.92 Å². The number of hydrogen-bond donors (Lipinski definition) is 2. The minimum atomic E-state index is -0.590. The Kier molecular flexibility index (Phi) is 8.38. The molecule has 0 bridgehead atoms. The van der Waals surface area contributed by atoms with Crippen molar-refractivity contribution in [2.75, 3.05) is 23.1 Å². The number of methoxy groups -OCH3 is 1. The lowest BCUT2D eigenvalue weighted by molar-refractivity contribution is -0.118. The first-order chi connectivity index (χ1) is 20.1. The summed E-state index contributed by atoms with van der Waals surface area (Å²) in [4.78, 5) is 28.0. The number of rotatable bonds is 8. The van der Waals surface area contributed by atoms with Crippen molar-refractivity contribution in [2.45, 2.75) is 50.3 Å². The van der Waals surface area contributed by atoms with Crippen molar-refractivity contribution in [3.63, 3.8) is 0 Å². The average Bonchev–Trinajstić information content (AvgIpc) is 3.44. The number of benzene rings is 2. The highest BCUT2D eigenvalue weighted by Crippen LogP contribution is 2.50. The van der Waals surface area contributed by atoms with E-state index in [1.165, 1.54) is 28.7 Å². The van der Waals surface area contributed by atoms with Gasteiger partial charge in [0.15, 0.2) is 10.1 Å². The van der Waals surface area contributed by atoms with Crippen LogP contribution in [0.4, 0.5) is 10.8 Å². The molecule has 1 amide bonds. The lowest BCUT2D eigenvalue weighted by atomic mass is 9.68. The molecule has 1 aliphatic carbocycles. The van der Waals surface area contributed by atoms with Crippen molar-refractivity contribution < 1.29 is 14.3 Å². The molecular formula is C31H32N6O3S2. The van der Waals surface area contributed by atoms with Crippen LogP contribution in [0.3, 0.4) is 0 Å². The number of carbonyl (C=O) groups is 2. The van der Waals surface area contributed by atoms with Gasteiger partial charge < -0.3 is 15.8 Å². The van der Waals surface area contributed by atoms with Crippen LogP contribution < -0.4 is 20.7 Å². The summed E-state index contributed by atoms with van der Waals surface area (Å²) in [6.45, 7) is 6.17. The zero-order valence-electron chi connectivity index (χ0n) is 23.9. The first kappa shape index (κ1) is 29.4. The first-order valence-electron chi connectivity index (χ1n) is 13.6. The minimum absolute atomic E-state index is 0.0185. The van der Waals surface area contributed by atoms with Gasteiger partial charge in [-0.15, -0.1) is 10.2 Å². The number of nitrogens with one attached hydrogen (secondary N) is 1. The second-order valence-electron chi connectivity index (χ2n) is 11.0. The van der Waals surface area contributed by atoms with Gasteiger partial charge >= 0.3 is 0 Å². The normalized spacial score (nSPS) is 18.0. The van der Waals surface area contributed by atoms with E-state index >= 15 is 0 Å². The highest BCUT2D eigenvalue weighted by molar-refractivity contribution is 8.01.